The second-order valence-corrected chi connectivity index (χ2v) is 5.58. The van der Waals surface area contributed by atoms with Gasteiger partial charge in [0.1, 0.15) is 12.3 Å². The van der Waals surface area contributed by atoms with Gasteiger partial charge in [0, 0.05) is 24.7 Å². The molecular formula is C17H20N4O4. The van der Waals surface area contributed by atoms with E-state index in [0.717, 1.165) is 16.0 Å². The Morgan fingerprint density at radius 1 is 1.20 bits per heavy atom. The molecule has 1 aliphatic heterocycles. The number of aromatic nitrogens is 2. The van der Waals surface area contributed by atoms with Crippen LogP contribution in [0.3, 0.4) is 0 Å². The lowest BCUT2D eigenvalue weighted by Gasteiger charge is -2.26. The number of ether oxygens (including phenoxy) is 2. The molecule has 0 atom stereocenters. The predicted octanol–water partition coefficient (Wildman–Crippen LogP) is 0.282. The highest BCUT2D eigenvalue weighted by atomic mass is 16.5. The molecule has 1 fully saturated rings. The maximum Gasteiger partial charge on any atom is 0.267 e. The van der Waals surface area contributed by atoms with Gasteiger partial charge in [0.05, 0.1) is 26.0 Å². The summed E-state index contributed by atoms with van der Waals surface area (Å²) in [4.78, 5) is 24.2. The number of amides is 1. The normalized spacial score (nSPS) is 14.9. The Bertz CT molecular complexity index is 782. The Morgan fingerprint density at radius 2 is 1.92 bits per heavy atom. The summed E-state index contributed by atoms with van der Waals surface area (Å²) in [5, 5.41) is 6.07. The topological polar surface area (TPSA) is 85.7 Å². The third-order valence-electron chi connectivity index (χ3n) is 3.84. The number of carbonyl (C=O) groups excluding carboxylic acids is 1. The van der Waals surface area contributed by atoms with Crippen molar-refractivity contribution in [1.82, 2.24) is 20.2 Å². The number of hydrogen-bond donors (Lipinski definition) is 1. The van der Waals surface area contributed by atoms with E-state index in [1.807, 2.05) is 24.3 Å². The molecule has 0 bridgehead atoms. The summed E-state index contributed by atoms with van der Waals surface area (Å²) in [5.41, 5.74) is 3.89. The summed E-state index contributed by atoms with van der Waals surface area (Å²) in [6.07, 6.45) is 0. The number of morpholine rings is 1. The molecule has 2 heterocycles. The highest BCUT2D eigenvalue weighted by molar-refractivity contribution is 5.75. The van der Waals surface area contributed by atoms with E-state index in [0.29, 0.717) is 32.0 Å². The summed E-state index contributed by atoms with van der Waals surface area (Å²) in [6, 6.07) is 10.4. The molecule has 1 aromatic carbocycles. The number of hydrazine groups is 1. The van der Waals surface area contributed by atoms with Crippen LogP contribution in [0.15, 0.2) is 41.2 Å². The first-order chi connectivity index (χ1) is 12.2. The van der Waals surface area contributed by atoms with Gasteiger partial charge in [-0.15, -0.1) is 0 Å². The van der Waals surface area contributed by atoms with E-state index in [2.05, 4.69) is 10.5 Å². The van der Waals surface area contributed by atoms with Crippen LogP contribution >= 0.6 is 0 Å². The van der Waals surface area contributed by atoms with Crippen molar-refractivity contribution in [3.63, 3.8) is 0 Å². The first-order valence-electron chi connectivity index (χ1n) is 8.00. The molecule has 132 valence electrons. The van der Waals surface area contributed by atoms with Crippen molar-refractivity contribution in [3.05, 3.63) is 46.8 Å². The molecule has 1 amide bonds. The number of carbonyl (C=O) groups is 1. The Kier molecular flexibility index (Phi) is 5.42. The zero-order valence-corrected chi connectivity index (χ0v) is 14.0. The minimum atomic E-state index is -0.325. The van der Waals surface area contributed by atoms with Crippen molar-refractivity contribution in [1.29, 1.82) is 0 Å². The zero-order chi connectivity index (χ0) is 17.6. The second kappa shape index (κ2) is 7.91. The van der Waals surface area contributed by atoms with Gasteiger partial charge in [-0.25, -0.2) is 9.69 Å². The number of nitrogens with one attached hydrogen (secondary N) is 1. The van der Waals surface area contributed by atoms with Gasteiger partial charge >= 0.3 is 0 Å². The molecule has 0 radical (unpaired) electrons. The molecule has 0 aliphatic carbocycles. The Balaban J connectivity index is 1.72. The van der Waals surface area contributed by atoms with E-state index in [1.165, 1.54) is 6.07 Å². The van der Waals surface area contributed by atoms with Crippen LogP contribution in [0.25, 0.3) is 11.3 Å². The molecule has 3 rings (SSSR count). The molecule has 8 nitrogen and oxygen atoms in total. The molecule has 2 aromatic rings. The lowest BCUT2D eigenvalue weighted by atomic mass is 10.1. The van der Waals surface area contributed by atoms with Crippen molar-refractivity contribution >= 4 is 5.91 Å². The SMILES string of the molecule is COc1ccc(-c2ccc(=O)n(CC(=O)NN3CCOCC3)n2)cc1. The van der Waals surface area contributed by atoms with Gasteiger partial charge < -0.3 is 9.47 Å². The first kappa shape index (κ1) is 17.1. The van der Waals surface area contributed by atoms with Crippen LogP contribution in [0.1, 0.15) is 0 Å². The van der Waals surface area contributed by atoms with E-state index in [4.69, 9.17) is 9.47 Å². The van der Waals surface area contributed by atoms with Crippen molar-refractivity contribution in [2.24, 2.45) is 0 Å². The molecular weight excluding hydrogens is 324 g/mol. The van der Waals surface area contributed by atoms with Crippen LogP contribution in [0.2, 0.25) is 0 Å². The number of rotatable bonds is 5. The van der Waals surface area contributed by atoms with E-state index in [1.54, 1.807) is 18.2 Å². The Hall–Kier alpha value is -2.71. The molecule has 1 aliphatic rings. The quantitative estimate of drug-likeness (QED) is 0.839. The number of methoxy groups -OCH3 is 1. The molecule has 0 saturated carbocycles. The minimum absolute atomic E-state index is 0.139. The molecule has 1 aromatic heterocycles. The predicted molar refractivity (Wildman–Crippen MR) is 91.0 cm³/mol. The minimum Gasteiger partial charge on any atom is -0.497 e. The fraction of sp³-hybridized carbons (Fsp3) is 0.353. The largest absolute Gasteiger partial charge is 0.497 e. The van der Waals surface area contributed by atoms with Gasteiger partial charge in [0.2, 0.25) is 0 Å². The second-order valence-electron chi connectivity index (χ2n) is 5.58. The Labute approximate surface area is 144 Å². The molecule has 0 spiro atoms. The maximum absolute atomic E-state index is 12.2. The van der Waals surface area contributed by atoms with Crippen molar-refractivity contribution in [3.8, 4) is 17.0 Å². The van der Waals surface area contributed by atoms with Gasteiger partial charge in [0.15, 0.2) is 0 Å². The van der Waals surface area contributed by atoms with Crippen LogP contribution in [0, 0.1) is 0 Å². The highest BCUT2D eigenvalue weighted by Crippen LogP contribution is 2.19. The smallest absolute Gasteiger partial charge is 0.267 e. The molecule has 1 saturated heterocycles. The highest BCUT2D eigenvalue weighted by Gasteiger charge is 2.14. The van der Waals surface area contributed by atoms with Crippen LogP contribution in [0.5, 0.6) is 5.75 Å². The van der Waals surface area contributed by atoms with Crippen LogP contribution < -0.4 is 15.7 Å². The summed E-state index contributed by atoms with van der Waals surface area (Å²) >= 11 is 0. The summed E-state index contributed by atoms with van der Waals surface area (Å²) in [5.74, 6) is 0.449. The molecule has 8 heteroatoms. The summed E-state index contributed by atoms with van der Waals surface area (Å²) < 4.78 is 11.5. The van der Waals surface area contributed by atoms with Crippen LogP contribution in [0.4, 0.5) is 0 Å². The van der Waals surface area contributed by atoms with E-state index >= 15 is 0 Å². The van der Waals surface area contributed by atoms with Crippen molar-refractivity contribution in [2.75, 3.05) is 33.4 Å². The van der Waals surface area contributed by atoms with E-state index in [-0.39, 0.29) is 18.0 Å². The third kappa shape index (κ3) is 4.43. The van der Waals surface area contributed by atoms with Crippen LogP contribution in [-0.2, 0) is 16.1 Å². The average molecular weight is 344 g/mol. The number of hydrogen-bond acceptors (Lipinski definition) is 6. The number of nitrogens with zero attached hydrogens (tertiary/aromatic N) is 3. The molecule has 25 heavy (non-hydrogen) atoms. The van der Waals surface area contributed by atoms with Crippen molar-refractivity contribution < 1.29 is 14.3 Å². The first-order valence-corrected chi connectivity index (χ1v) is 8.00. The average Bonchev–Trinajstić information content (AvgIpc) is 2.64. The lowest BCUT2D eigenvalue weighted by Crippen LogP contribution is -2.49. The number of benzene rings is 1. The monoisotopic (exact) mass is 344 g/mol. The summed E-state index contributed by atoms with van der Waals surface area (Å²) in [6.45, 7) is 2.26. The fourth-order valence-electron chi connectivity index (χ4n) is 2.50. The third-order valence-corrected chi connectivity index (χ3v) is 3.84. The Morgan fingerprint density at radius 3 is 2.60 bits per heavy atom. The van der Waals surface area contributed by atoms with Crippen LogP contribution in [-0.4, -0.2) is 54.1 Å². The molecule has 0 unspecified atom stereocenters. The van der Waals surface area contributed by atoms with E-state index < -0.39 is 0 Å². The van der Waals surface area contributed by atoms with Gasteiger partial charge in [-0.3, -0.25) is 15.0 Å². The molecule has 1 N–H and O–H groups in total. The fourth-order valence-corrected chi connectivity index (χ4v) is 2.50. The lowest BCUT2D eigenvalue weighted by molar-refractivity contribution is -0.128. The summed E-state index contributed by atoms with van der Waals surface area (Å²) in [7, 11) is 1.60. The van der Waals surface area contributed by atoms with Gasteiger partial charge in [-0.2, -0.15) is 5.10 Å². The van der Waals surface area contributed by atoms with Gasteiger partial charge in [-0.05, 0) is 30.3 Å². The zero-order valence-electron chi connectivity index (χ0n) is 14.0. The van der Waals surface area contributed by atoms with E-state index in [9.17, 15) is 9.59 Å². The van der Waals surface area contributed by atoms with Gasteiger partial charge in [-0.1, -0.05) is 0 Å². The standard InChI is InChI=1S/C17H20N4O4/c1-24-14-4-2-13(3-5-14)15-6-7-17(23)21(18-15)12-16(22)19-20-8-10-25-11-9-20/h2-7H,8-12H2,1H3,(H,19,22). The maximum atomic E-state index is 12.2. The van der Waals surface area contributed by atoms with Gasteiger partial charge in [0.25, 0.3) is 11.5 Å². The van der Waals surface area contributed by atoms with Crippen molar-refractivity contribution in [2.45, 2.75) is 6.54 Å².